The van der Waals surface area contributed by atoms with Crippen LogP contribution in [0.1, 0.15) is 27.2 Å². The summed E-state index contributed by atoms with van der Waals surface area (Å²) in [6, 6.07) is 0. The zero-order valence-corrected chi connectivity index (χ0v) is 10.1. The Hall–Kier alpha value is -0.130. The quantitative estimate of drug-likeness (QED) is 0.640. The van der Waals surface area contributed by atoms with E-state index < -0.39 is 15.4 Å². The first-order chi connectivity index (χ1) is 6.27. The number of sulfone groups is 1. The maximum atomic E-state index is 11.2. The molecule has 0 aromatic carbocycles. The number of hydrogen-bond acceptors (Lipinski definition) is 4. The summed E-state index contributed by atoms with van der Waals surface area (Å²) in [5, 5.41) is 0. The molecule has 0 aliphatic carbocycles. The van der Waals surface area contributed by atoms with Crippen molar-refractivity contribution in [3.05, 3.63) is 0 Å². The Labute approximate surface area is 86.7 Å². The molecular formula is C9H21NO3S. The van der Waals surface area contributed by atoms with E-state index >= 15 is 0 Å². The summed E-state index contributed by atoms with van der Waals surface area (Å²) < 4.78 is 27.7. The molecule has 0 saturated carbocycles. The van der Waals surface area contributed by atoms with Crippen molar-refractivity contribution < 1.29 is 13.2 Å². The lowest BCUT2D eigenvalue weighted by Gasteiger charge is -2.18. The minimum absolute atomic E-state index is 0.0942. The van der Waals surface area contributed by atoms with Gasteiger partial charge in [-0.15, -0.1) is 0 Å². The molecule has 0 rings (SSSR count). The first kappa shape index (κ1) is 13.9. The van der Waals surface area contributed by atoms with Gasteiger partial charge in [-0.05, 0) is 20.3 Å². The molecular weight excluding hydrogens is 202 g/mol. The summed E-state index contributed by atoms with van der Waals surface area (Å²) in [5.41, 5.74) is 5.28. The van der Waals surface area contributed by atoms with Crippen molar-refractivity contribution in [3.63, 3.8) is 0 Å². The zero-order valence-electron chi connectivity index (χ0n) is 9.25. The Kier molecular flexibility index (Phi) is 5.63. The number of rotatable bonds is 7. The summed E-state index contributed by atoms with van der Waals surface area (Å²) >= 11 is 0. The van der Waals surface area contributed by atoms with Crippen molar-refractivity contribution in [2.24, 2.45) is 5.73 Å². The van der Waals surface area contributed by atoms with Gasteiger partial charge >= 0.3 is 0 Å². The maximum absolute atomic E-state index is 11.2. The van der Waals surface area contributed by atoms with Crippen LogP contribution >= 0.6 is 0 Å². The van der Waals surface area contributed by atoms with E-state index in [-0.39, 0.29) is 18.1 Å². The molecule has 0 aliphatic rings. The molecule has 0 aromatic rings. The molecule has 0 aliphatic heterocycles. The van der Waals surface area contributed by atoms with Gasteiger partial charge in [-0.1, -0.05) is 6.92 Å². The smallest absolute Gasteiger partial charge is 0.152 e. The highest BCUT2D eigenvalue weighted by molar-refractivity contribution is 7.91. The van der Waals surface area contributed by atoms with Crippen LogP contribution in [0, 0.1) is 0 Å². The van der Waals surface area contributed by atoms with Crippen molar-refractivity contribution >= 4 is 9.84 Å². The fourth-order valence-corrected chi connectivity index (χ4v) is 2.13. The lowest BCUT2D eigenvalue weighted by molar-refractivity contribution is 0.109. The van der Waals surface area contributed by atoms with Gasteiger partial charge in [0.2, 0.25) is 0 Å². The molecule has 0 unspecified atom stereocenters. The minimum atomic E-state index is -2.92. The van der Waals surface area contributed by atoms with Crippen molar-refractivity contribution in [3.8, 4) is 0 Å². The summed E-state index contributed by atoms with van der Waals surface area (Å²) in [7, 11) is -2.92. The largest absolute Gasteiger partial charge is 0.379 e. The van der Waals surface area contributed by atoms with Gasteiger partial charge in [0.05, 0.1) is 19.0 Å². The van der Waals surface area contributed by atoms with Gasteiger partial charge in [0, 0.05) is 11.3 Å². The Morgan fingerprint density at radius 3 is 2.29 bits per heavy atom. The van der Waals surface area contributed by atoms with Crippen LogP contribution in [-0.2, 0) is 14.6 Å². The van der Waals surface area contributed by atoms with Crippen molar-refractivity contribution in [1.29, 1.82) is 0 Å². The maximum Gasteiger partial charge on any atom is 0.152 e. The average molecular weight is 223 g/mol. The Bertz CT molecular complexity index is 241. The van der Waals surface area contributed by atoms with E-state index in [0.717, 1.165) is 0 Å². The molecule has 0 atom stereocenters. The van der Waals surface area contributed by atoms with Crippen LogP contribution in [-0.4, -0.2) is 38.7 Å². The predicted octanol–water partition coefficient (Wildman–Crippen LogP) is 0.565. The van der Waals surface area contributed by atoms with Gasteiger partial charge in [0.25, 0.3) is 0 Å². The first-order valence-corrected chi connectivity index (χ1v) is 6.66. The lowest BCUT2D eigenvalue weighted by Crippen LogP contribution is -2.38. The number of hydrogen-bond donors (Lipinski definition) is 1. The third kappa shape index (κ3) is 8.47. The van der Waals surface area contributed by atoms with Crippen molar-refractivity contribution in [2.45, 2.75) is 32.7 Å². The molecule has 0 bridgehead atoms. The van der Waals surface area contributed by atoms with Gasteiger partial charge in [-0.25, -0.2) is 8.42 Å². The minimum Gasteiger partial charge on any atom is -0.379 e. The fourth-order valence-electron chi connectivity index (χ4n) is 0.934. The summed E-state index contributed by atoms with van der Waals surface area (Å²) in [6.45, 7) is 6.15. The van der Waals surface area contributed by atoms with E-state index in [1.807, 2.05) is 20.8 Å². The van der Waals surface area contributed by atoms with E-state index in [1.165, 1.54) is 0 Å². The van der Waals surface area contributed by atoms with Gasteiger partial charge in [0.15, 0.2) is 9.84 Å². The highest BCUT2D eigenvalue weighted by Crippen LogP contribution is 1.98. The van der Waals surface area contributed by atoms with Gasteiger partial charge in [0.1, 0.15) is 0 Å². The van der Waals surface area contributed by atoms with E-state index in [4.69, 9.17) is 10.5 Å². The third-order valence-corrected chi connectivity index (χ3v) is 3.35. The second-order valence-corrected chi connectivity index (χ2v) is 6.50. The van der Waals surface area contributed by atoms with Crippen LogP contribution in [0.2, 0.25) is 0 Å². The van der Waals surface area contributed by atoms with Crippen LogP contribution < -0.4 is 5.73 Å². The zero-order chi connectivity index (χ0) is 11.2. The molecule has 0 radical (unpaired) electrons. The van der Waals surface area contributed by atoms with Crippen LogP contribution in [0.15, 0.2) is 0 Å². The van der Waals surface area contributed by atoms with E-state index in [9.17, 15) is 8.42 Å². The van der Waals surface area contributed by atoms with Crippen LogP contribution in [0.3, 0.4) is 0 Å². The van der Waals surface area contributed by atoms with Gasteiger partial charge < -0.3 is 10.5 Å². The second kappa shape index (κ2) is 5.68. The van der Waals surface area contributed by atoms with E-state index in [0.29, 0.717) is 13.0 Å². The molecule has 0 spiro atoms. The molecule has 0 fully saturated rings. The molecule has 0 amide bonds. The molecule has 4 nitrogen and oxygen atoms in total. The van der Waals surface area contributed by atoms with Crippen LogP contribution in [0.5, 0.6) is 0 Å². The second-order valence-electron chi connectivity index (χ2n) is 4.19. The predicted molar refractivity (Wildman–Crippen MR) is 58.0 cm³/mol. The standard InChI is InChI=1S/C9H21NO3S/c1-4-6-14(11,12)7-5-13-8-9(2,3)10/h4-8,10H2,1-3H3. The van der Waals surface area contributed by atoms with E-state index in [2.05, 4.69) is 0 Å². The lowest BCUT2D eigenvalue weighted by atomic mass is 10.1. The normalized spacial score (nSPS) is 13.1. The monoisotopic (exact) mass is 223 g/mol. The Morgan fingerprint density at radius 2 is 1.86 bits per heavy atom. The Morgan fingerprint density at radius 1 is 1.29 bits per heavy atom. The average Bonchev–Trinajstić information content (AvgIpc) is 1.96. The van der Waals surface area contributed by atoms with Crippen molar-refractivity contribution in [2.75, 3.05) is 24.7 Å². The number of ether oxygens (including phenoxy) is 1. The van der Waals surface area contributed by atoms with Crippen LogP contribution in [0.25, 0.3) is 0 Å². The molecule has 0 heterocycles. The molecule has 0 aromatic heterocycles. The molecule has 2 N–H and O–H groups in total. The molecule has 86 valence electrons. The first-order valence-electron chi connectivity index (χ1n) is 4.84. The molecule has 14 heavy (non-hydrogen) atoms. The van der Waals surface area contributed by atoms with E-state index in [1.54, 1.807) is 0 Å². The summed E-state index contributed by atoms with van der Waals surface area (Å²) in [6.07, 6.45) is 0.657. The van der Waals surface area contributed by atoms with Gasteiger partial charge in [-0.3, -0.25) is 0 Å². The SMILES string of the molecule is CCCS(=O)(=O)CCOCC(C)(C)N. The molecule has 5 heteroatoms. The summed E-state index contributed by atoms with van der Waals surface area (Å²) in [4.78, 5) is 0. The molecule has 0 saturated heterocycles. The highest BCUT2D eigenvalue weighted by Gasteiger charge is 2.12. The number of nitrogens with two attached hydrogens (primary N) is 1. The Balaban J connectivity index is 3.65. The van der Waals surface area contributed by atoms with Crippen molar-refractivity contribution in [1.82, 2.24) is 0 Å². The fraction of sp³-hybridized carbons (Fsp3) is 1.00. The topological polar surface area (TPSA) is 69.4 Å². The highest BCUT2D eigenvalue weighted by atomic mass is 32.2. The van der Waals surface area contributed by atoms with Gasteiger partial charge in [-0.2, -0.15) is 0 Å². The third-order valence-electron chi connectivity index (χ3n) is 1.53. The van der Waals surface area contributed by atoms with Crippen LogP contribution in [0.4, 0.5) is 0 Å². The summed E-state index contributed by atoms with van der Waals surface area (Å²) in [5.74, 6) is 0.333.